The van der Waals surface area contributed by atoms with Gasteiger partial charge < -0.3 is 20.7 Å². The quantitative estimate of drug-likeness (QED) is 0.520. The van der Waals surface area contributed by atoms with Crippen LogP contribution < -0.4 is 16.0 Å². The monoisotopic (exact) mass is 413 g/mol. The highest BCUT2D eigenvalue weighted by molar-refractivity contribution is 7.80. The van der Waals surface area contributed by atoms with Crippen molar-refractivity contribution in [3.8, 4) is 11.1 Å². The molecule has 0 bridgehead atoms. The van der Waals surface area contributed by atoms with E-state index in [0.29, 0.717) is 0 Å². The Kier molecular flexibility index (Phi) is 6.77. The van der Waals surface area contributed by atoms with Crippen molar-refractivity contribution >= 4 is 30.5 Å². The third-order valence-electron chi connectivity index (χ3n) is 4.84. The van der Waals surface area contributed by atoms with Gasteiger partial charge in [-0.3, -0.25) is 9.59 Å². The molecular weight excluding hydrogens is 390 g/mol. The fourth-order valence-corrected chi connectivity index (χ4v) is 3.61. The number of benzene rings is 2. The van der Waals surface area contributed by atoms with Gasteiger partial charge in [-0.1, -0.05) is 48.5 Å². The van der Waals surface area contributed by atoms with Gasteiger partial charge in [0, 0.05) is 18.7 Å². The molecule has 7 nitrogen and oxygen atoms in total. The van der Waals surface area contributed by atoms with E-state index in [1.54, 1.807) is 0 Å². The largest absolute Gasteiger partial charge is 0.449 e. The normalized spacial score (nSPS) is 13.0. The molecule has 0 aliphatic heterocycles. The topological polar surface area (TPSA) is 96.5 Å². The molecule has 0 saturated heterocycles. The second kappa shape index (κ2) is 9.47. The standard InChI is InChI=1S/C21H23N3O4S/c1-22-19(25)10-23-20(26)18(12-29)24-21(27)28-11-17-15-8-4-2-6-13(15)14-7-3-5-9-16(14)17/h2-9,17-18,29H,10-12H2,1H3,(H,22,25)(H,23,26)(H,24,27)/t18-/m0/s1. The lowest BCUT2D eigenvalue weighted by Crippen LogP contribution is -2.50. The first-order valence-electron chi connectivity index (χ1n) is 9.25. The summed E-state index contributed by atoms with van der Waals surface area (Å²) in [5.41, 5.74) is 4.49. The zero-order chi connectivity index (χ0) is 20.8. The lowest BCUT2D eigenvalue weighted by molar-refractivity contribution is -0.126. The number of thiol groups is 1. The molecular formula is C21H23N3O4S. The zero-order valence-corrected chi connectivity index (χ0v) is 16.9. The first-order valence-corrected chi connectivity index (χ1v) is 9.89. The van der Waals surface area contributed by atoms with Crippen LogP contribution in [0.25, 0.3) is 11.1 Å². The molecule has 29 heavy (non-hydrogen) atoms. The van der Waals surface area contributed by atoms with Crippen LogP contribution >= 0.6 is 12.6 Å². The maximum atomic E-state index is 12.3. The molecule has 152 valence electrons. The fourth-order valence-electron chi connectivity index (χ4n) is 3.36. The van der Waals surface area contributed by atoms with Gasteiger partial charge in [-0.05, 0) is 22.3 Å². The van der Waals surface area contributed by atoms with Crippen molar-refractivity contribution in [1.82, 2.24) is 16.0 Å². The molecule has 3 N–H and O–H groups in total. The highest BCUT2D eigenvalue weighted by Gasteiger charge is 2.29. The molecule has 3 amide bonds. The van der Waals surface area contributed by atoms with Crippen molar-refractivity contribution in [2.24, 2.45) is 0 Å². The Labute approximate surface area is 174 Å². The van der Waals surface area contributed by atoms with E-state index in [2.05, 4.69) is 40.7 Å². The number of alkyl carbamates (subject to hydrolysis) is 1. The number of amides is 3. The summed E-state index contributed by atoms with van der Waals surface area (Å²) in [5.74, 6) is -0.830. The Hall–Kier alpha value is -3.00. The van der Waals surface area contributed by atoms with Gasteiger partial charge in [0.2, 0.25) is 11.8 Å². The number of ether oxygens (including phenoxy) is 1. The minimum absolute atomic E-state index is 0.0651. The van der Waals surface area contributed by atoms with E-state index in [1.165, 1.54) is 7.05 Å². The molecule has 1 atom stereocenters. The van der Waals surface area contributed by atoms with Crippen molar-refractivity contribution < 1.29 is 19.1 Å². The van der Waals surface area contributed by atoms with Crippen LogP contribution in [-0.4, -0.2) is 49.9 Å². The maximum absolute atomic E-state index is 12.3. The van der Waals surface area contributed by atoms with Crippen molar-refractivity contribution in [3.63, 3.8) is 0 Å². The van der Waals surface area contributed by atoms with E-state index in [1.807, 2.05) is 36.4 Å². The predicted octanol–water partition coefficient (Wildman–Crippen LogP) is 1.69. The third kappa shape index (κ3) is 4.71. The Morgan fingerprint density at radius 1 is 1.03 bits per heavy atom. The van der Waals surface area contributed by atoms with Gasteiger partial charge in [-0.25, -0.2) is 4.79 Å². The molecule has 0 radical (unpaired) electrons. The lowest BCUT2D eigenvalue weighted by Gasteiger charge is -2.18. The number of rotatable bonds is 7. The summed E-state index contributed by atoms with van der Waals surface area (Å²) in [7, 11) is 1.47. The lowest BCUT2D eigenvalue weighted by atomic mass is 9.98. The van der Waals surface area contributed by atoms with Crippen LogP contribution in [0.3, 0.4) is 0 Å². The van der Waals surface area contributed by atoms with Gasteiger partial charge in [0.05, 0.1) is 6.54 Å². The summed E-state index contributed by atoms with van der Waals surface area (Å²) in [4.78, 5) is 35.6. The Bertz CT molecular complexity index is 873. The number of hydrogen-bond acceptors (Lipinski definition) is 5. The number of carbonyl (C=O) groups excluding carboxylic acids is 3. The molecule has 1 aliphatic carbocycles. The first kappa shape index (κ1) is 20.7. The molecule has 0 unspecified atom stereocenters. The third-order valence-corrected chi connectivity index (χ3v) is 5.20. The van der Waals surface area contributed by atoms with Gasteiger partial charge >= 0.3 is 6.09 Å². The summed E-state index contributed by atoms with van der Waals surface area (Å²) in [6, 6.07) is 15.2. The van der Waals surface area contributed by atoms with E-state index < -0.39 is 18.0 Å². The van der Waals surface area contributed by atoms with Gasteiger partial charge in [0.25, 0.3) is 0 Å². The summed E-state index contributed by atoms with van der Waals surface area (Å²) in [5, 5.41) is 7.34. The average Bonchev–Trinajstić information content (AvgIpc) is 3.07. The minimum Gasteiger partial charge on any atom is -0.449 e. The van der Waals surface area contributed by atoms with Gasteiger partial charge in [-0.2, -0.15) is 12.6 Å². The second-order valence-electron chi connectivity index (χ2n) is 6.60. The average molecular weight is 413 g/mol. The Morgan fingerprint density at radius 3 is 2.17 bits per heavy atom. The number of hydrogen-bond donors (Lipinski definition) is 4. The van der Waals surface area contributed by atoms with E-state index in [-0.39, 0.29) is 30.7 Å². The molecule has 0 heterocycles. The van der Waals surface area contributed by atoms with E-state index in [9.17, 15) is 14.4 Å². The predicted molar refractivity (Wildman–Crippen MR) is 113 cm³/mol. The Balaban J connectivity index is 1.60. The molecule has 2 aromatic carbocycles. The van der Waals surface area contributed by atoms with Gasteiger partial charge in [0.1, 0.15) is 12.6 Å². The molecule has 3 rings (SSSR count). The number of fused-ring (bicyclic) bond motifs is 3. The Morgan fingerprint density at radius 2 is 1.62 bits per heavy atom. The first-order chi connectivity index (χ1) is 14.0. The van der Waals surface area contributed by atoms with Crippen LogP contribution in [0, 0.1) is 0 Å². The molecule has 0 spiro atoms. The number of carbonyl (C=O) groups is 3. The van der Waals surface area contributed by atoms with Crippen molar-refractivity contribution in [1.29, 1.82) is 0 Å². The highest BCUT2D eigenvalue weighted by Crippen LogP contribution is 2.44. The summed E-state index contributed by atoms with van der Waals surface area (Å²) in [6.45, 7) is -0.0228. The molecule has 1 aliphatic rings. The summed E-state index contributed by atoms with van der Waals surface area (Å²) in [6.07, 6.45) is -0.707. The highest BCUT2D eigenvalue weighted by atomic mass is 32.1. The molecule has 2 aromatic rings. The zero-order valence-electron chi connectivity index (χ0n) is 16.0. The minimum atomic E-state index is -0.904. The van der Waals surface area contributed by atoms with Gasteiger partial charge in [0.15, 0.2) is 0 Å². The van der Waals surface area contributed by atoms with Crippen LogP contribution in [0.5, 0.6) is 0 Å². The van der Waals surface area contributed by atoms with Crippen LogP contribution in [0.4, 0.5) is 4.79 Å². The van der Waals surface area contributed by atoms with Crippen LogP contribution in [0.15, 0.2) is 48.5 Å². The summed E-state index contributed by atoms with van der Waals surface area (Å²) < 4.78 is 5.43. The second-order valence-corrected chi connectivity index (χ2v) is 6.96. The number of likely N-dealkylation sites (N-methyl/N-ethyl adjacent to an activating group) is 1. The van der Waals surface area contributed by atoms with E-state index in [0.717, 1.165) is 22.3 Å². The fraction of sp³-hybridized carbons (Fsp3) is 0.286. The van der Waals surface area contributed by atoms with Crippen LogP contribution in [-0.2, 0) is 14.3 Å². The molecule has 0 saturated carbocycles. The molecule has 0 aromatic heterocycles. The van der Waals surface area contributed by atoms with Crippen LogP contribution in [0.2, 0.25) is 0 Å². The SMILES string of the molecule is CNC(=O)CNC(=O)[C@H](CS)NC(=O)OCC1c2ccccc2-c2ccccc21. The summed E-state index contributed by atoms with van der Waals surface area (Å²) >= 11 is 4.10. The van der Waals surface area contributed by atoms with Crippen molar-refractivity contribution in [3.05, 3.63) is 59.7 Å². The number of nitrogens with one attached hydrogen (secondary N) is 3. The van der Waals surface area contributed by atoms with Gasteiger partial charge in [-0.15, -0.1) is 0 Å². The van der Waals surface area contributed by atoms with Crippen molar-refractivity contribution in [2.45, 2.75) is 12.0 Å². The van der Waals surface area contributed by atoms with E-state index in [4.69, 9.17) is 4.74 Å². The molecule has 0 fully saturated rings. The van der Waals surface area contributed by atoms with E-state index >= 15 is 0 Å². The maximum Gasteiger partial charge on any atom is 0.407 e. The van der Waals surface area contributed by atoms with Crippen molar-refractivity contribution in [2.75, 3.05) is 26.0 Å². The van der Waals surface area contributed by atoms with Crippen LogP contribution in [0.1, 0.15) is 17.0 Å². The molecule has 8 heteroatoms. The smallest absolute Gasteiger partial charge is 0.407 e.